The Morgan fingerprint density at radius 1 is 1.08 bits per heavy atom. The Balaban J connectivity index is 1.31. The molecule has 0 aliphatic carbocycles. The zero-order valence-electron chi connectivity index (χ0n) is 20.4. The number of aromatic nitrogens is 1. The van der Waals surface area contributed by atoms with Crippen molar-refractivity contribution in [2.45, 2.75) is 13.0 Å². The van der Waals surface area contributed by atoms with Gasteiger partial charge in [0.05, 0.1) is 12.1 Å². The summed E-state index contributed by atoms with van der Waals surface area (Å²) in [6.45, 7) is 2.50. The van der Waals surface area contributed by atoms with Gasteiger partial charge in [-0.25, -0.2) is 4.99 Å². The Kier molecular flexibility index (Phi) is 6.23. The molecule has 8 nitrogen and oxygen atoms in total. The van der Waals surface area contributed by atoms with Crippen LogP contribution in [0, 0.1) is 0 Å². The van der Waals surface area contributed by atoms with Crippen LogP contribution in [0.2, 0.25) is 5.02 Å². The first-order valence-corrected chi connectivity index (χ1v) is 12.5. The van der Waals surface area contributed by atoms with Crippen LogP contribution >= 0.6 is 11.6 Å². The van der Waals surface area contributed by atoms with E-state index < -0.39 is 6.04 Å². The van der Waals surface area contributed by atoms with Crippen molar-refractivity contribution in [1.29, 1.82) is 0 Å². The Bertz CT molecular complexity index is 1650. The van der Waals surface area contributed by atoms with Gasteiger partial charge in [0.2, 0.25) is 5.96 Å². The summed E-state index contributed by atoms with van der Waals surface area (Å²) >= 11 is 6.58. The number of anilines is 2. The van der Waals surface area contributed by atoms with Gasteiger partial charge in [0.1, 0.15) is 11.6 Å². The fourth-order valence-corrected chi connectivity index (χ4v) is 4.74. The van der Waals surface area contributed by atoms with Crippen LogP contribution in [0.1, 0.15) is 24.1 Å². The highest BCUT2D eigenvalue weighted by Crippen LogP contribution is 2.35. The van der Waals surface area contributed by atoms with Crippen molar-refractivity contribution in [2.24, 2.45) is 9.98 Å². The Hall–Kier alpha value is -4.69. The minimum atomic E-state index is -0.662. The molecule has 1 unspecified atom stereocenters. The Labute approximate surface area is 223 Å². The highest BCUT2D eigenvalue weighted by atomic mass is 35.5. The third kappa shape index (κ3) is 4.69. The van der Waals surface area contributed by atoms with E-state index in [-0.39, 0.29) is 11.9 Å². The van der Waals surface area contributed by atoms with Gasteiger partial charge in [-0.3, -0.25) is 15.1 Å². The molecule has 0 saturated carbocycles. The summed E-state index contributed by atoms with van der Waals surface area (Å²) in [7, 11) is 0. The molecule has 0 bridgehead atoms. The first-order valence-electron chi connectivity index (χ1n) is 12.1. The topological polar surface area (TPSA) is 104 Å². The van der Waals surface area contributed by atoms with Gasteiger partial charge in [-0.1, -0.05) is 60.1 Å². The maximum atomic E-state index is 13.7. The number of aliphatic imine (C=N–C) groups is 2. The monoisotopic (exact) mass is 522 g/mol. The molecule has 0 fully saturated rings. The van der Waals surface area contributed by atoms with Crippen molar-refractivity contribution in [3.8, 4) is 0 Å². The number of carbonyl (C=O) groups excluding carboxylic acids is 1. The molecule has 0 spiro atoms. The number of nitrogens with one attached hydrogen (secondary N) is 3. The van der Waals surface area contributed by atoms with E-state index in [0.717, 1.165) is 16.7 Å². The van der Waals surface area contributed by atoms with Crippen molar-refractivity contribution >= 4 is 58.1 Å². The number of hydrogen-bond acceptors (Lipinski definition) is 7. The molecule has 3 aromatic carbocycles. The summed E-state index contributed by atoms with van der Waals surface area (Å²) < 4.78 is 5.80. The van der Waals surface area contributed by atoms with E-state index in [1.165, 1.54) is 0 Å². The van der Waals surface area contributed by atoms with Crippen molar-refractivity contribution in [1.82, 2.24) is 10.3 Å². The second kappa shape index (κ2) is 9.99. The predicted molar refractivity (Wildman–Crippen MR) is 152 cm³/mol. The first kappa shape index (κ1) is 23.7. The summed E-state index contributed by atoms with van der Waals surface area (Å²) in [4.78, 5) is 27.2. The molecule has 9 heteroatoms. The molecule has 2 aliphatic rings. The fraction of sp³-hybridized carbons (Fsp3) is 0.103. The van der Waals surface area contributed by atoms with Gasteiger partial charge in [0.15, 0.2) is 5.58 Å². The summed E-state index contributed by atoms with van der Waals surface area (Å²) in [5, 5.41) is 9.84. The van der Waals surface area contributed by atoms with Crippen LogP contribution in [0.3, 0.4) is 0 Å². The lowest BCUT2D eigenvalue weighted by molar-refractivity contribution is -0.113. The summed E-state index contributed by atoms with van der Waals surface area (Å²) in [6.07, 6.45) is 3.89. The van der Waals surface area contributed by atoms with Gasteiger partial charge < -0.3 is 15.1 Å². The fourth-order valence-electron chi connectivity index (χ4n) is 4.50. The number of halogens is 1. The maximum absolute atomic E-state index is 13.7. The molecule has 38 heavy (non-hydrogen) atoms. The van der Waals surface area contributed by atoms with E-state index in [9.17, 15) is 4.79 Å². The van der Waals surface area contributed by atoms with Crippen molar-refractivity contribution < 1.29 is 9.21 Å². The number of benzene rings is 3. The number of carbonyl (C=O) groups is 1. The van der Waals surface area contributed by atoms with E-state index in [4.69, 9.17) is 21.0 Å². The minimum absolute atomic E-state index is 0.282. The van der Waals surface area contributed by atoms with Crippen molar-refractivity contribution in [3.63, 3.8) is 0 Å². The van der Waals surface area contributed by atoms with Gasteiger partial charge in [-0.05, 0) is 48.4 Å². The number of hydrogen-bond donors (Lipinski definition) is 3. The Morgan fingerprint density at radius 2 is 1.92 bits per heavy atom. The van der Waals surface area contributed by atoms with Crippen LogP contribution in [0.5, 0.6) is 0 Å². The van der Waals surface area contributed by atoms with Crippen LogP contribution in [-0.4, -0.2) is 29.6 Å². The van der Waals surface area contributed by atoms with Crippen LogP contribution in [-0.2, 0) is 4.79 Å². The smallest absolute Gasteiger partial charge is 0.302 e. The summed E-state index contributed by atoms with van der Waals surface area (Å²) in [5.41, 5.74) is 5.86. The molecule has 2 aliphatic heterocycles. The lowest BCUT2D eigenvalue weighted by Crippen LogP contribution is -2.37. The molecular formula is C29H23ClN6O2. The van der Waals surface area contributed by atoms with Crippen LogP contribution < -0.4 is 16.0 Å². The van der Waals surface area contributed by atoms with Gasteiger partial charge in [-0.2, -0.15) is 4.98 Å². The number of amides is 1. The number of rotatable bonds is 5. The SMILES string of the molecule is CC1=C(C(=O)Nc2cccc(C3=CCN=C3)c2)C(c2ccccc2Cl)N=C(Nc2nc3ccccc3o2)N1. The largest absolute Gasteiger partial charge is 0.423 e. The normalized spacial score (nSPS) is 16.7. The van der Waals surface area contributed by atoms with E-state index in [2.05, 4.69) is 25.9 Å². The van der Waals surface area contributed by atoms with Crippen LogP contribution in [0.15, 0.2) is 105 Å². The molecule has 0 saturated heterocycles. The molecule has 188 valence electrons. The first-order chi connectivity index (χ1) is 18.5. The molecule has 6 rings (SSSR count). The quantitative estimate of drug-likeness (QED) is 0.299. The number of oxazole rings is 1. The number of guanidine groups is 1. The van der Waals surface area contributed by atoms with E-state index in [1.54, 1.807) is 6.07 Å². The Morgan fingerprint density at radius 3 is 2.74 bits per heavy atom. The van der Waals surface area contributed by atoms with Gasteiger partial charge in [0.25, 0.3) is 5.91 Å². The summed E-state index contributed by atoms with van der Waals surface area (Å²) in [6, 6.07) is 22.2. The maximum Gasteiger partial charge on any atom is 0.302 e. The molecule has 1 atom stereocenters. The van der Waals surface area contributed by atoms with Gasteiger partial charge in [-0.15, -0.1) is 0 Å². The van der Waals surface area contributed by atoms with E-state index in [1.807, 2.05) is 85.9 Å². The molecule has 3 N–H and O–H groups in total. The average molecular weight is 523 g/mol. The second-order valence-corrected chi connectivity index (χ2v) is 9.27. The van der Waals surface area contributed by atoms with Crippen molar-refractivity contribution in [3.05, 3.63) is 106 Å². The zero-order chi connectivity index (χ0) is 26.1. The van der Waals surface area contributed by atoms with Gasteiger partial charge >= 0.3 is 6.01 Å². The standard InChI is InChI=1S/C29H23ClN6O2/c1-17-25(27(37)33-20-8-6-7-18(15-20)19-13-14-31-16-19)26(21-9-2-3-10-22(21)30)35-28(32-17)36-29-34-23-11-4-5-12-24(23)38-29/h2-13,15-16,26H,14H2,1H3,(H,33,37)(H2,32,34,35,36). The second-order valence-electron chi connectivity index (χ2n) is 8.87. The third-order valence-corrected chi connectivity index (χ3v) is 6.65. The number of fused-ring (bicyclic) bond motifs is 1. The lowest BCUT2D eigenvalue weighted by Gasteiger charge is -2.27. The zero-order valence-corrected chi connectivity index (χ0v) is 21.2. The van der Waals surface area contributed by atoms with Gasteiger partial charge in [0, 0.05) is 28.2 Å². The molecular weight excluding hydrogens is 500 g/mol. The molecule has 1 amide bonds. The van der Waals surface area contributed by atoms with E-state index >= 15 is 0 Å². The van der Waals surface area contributed by atoms with Crippen molar-refractivity contribution in [2.75, 3.05) is 17.2 Å². The number of nitrogens with zero attached hydrogens (tertiary/aromatic N) is 3. The molecule has 4 aromatic rings. The number of para-hydroxylation sites is 2. The number of allylic oxidation sites excluding steroid dienone is 2. The van der Waals surface area contributed by atoms with Crippen LogP contribution in [0.25, 0.3) is 16.7 Å². The van der Waals surface area contributed by atoms with Crippen LogP contribution in [0.4, 0.5) is 11.7 Å². The summed E-state index contributed by atoms with van der Waals surface area (Å²) in [5.74, 6) is 0.112. The minimum Gasteiger partial charge on any atom is -0.423 e. The lowest BCUT2D eigenvalue weighted by atomic mass is 9.95. The molecule has 0 radical (unpaired) electrons. The molecule has 3 heterocycles. The predicted octanol–water partition coefficient (Wildman–Crippen LogP) is 5.97. The van der Waals surface area contributed by atoms with E-state index in [0.29, 0.717) is 45.6 Å². The highest BCUT2D eigenvalue weighted by Gasteiger charge is 2.31. The third-order valence-electron chi connectivity index (χ3n) is 6.31. The average Bonchev–Trinajstić information content (AvgIpc) is 3.59. The molecule has 1 aromatic heterocycles. The highest BCUT2D eigenvalue weighted by molar-refractivity contribution is 6.31.